The van der Waals surface area contributed by atoms with Gasteiger partial charge in [0, 0.05) is 6.54 Å². The minimum Gasteiger partial charge on any atom is -0.480 e. The van der Waals surface area contributed by atoms with Crippen molar-refractivity contribution in [2.45, 2.75) is 37.8 Å². The Bertz CT molecular complexity index is 830. The third-order valence-electron chi connectivity index (χ3n) is 4.22. The summed E-state index contributed by atoms with van der Waals surface area (Å²) in [6.45, 7) is 0.884. The average Bonchev–Trinajstić information content (AvgIpc) is 3.55. The van der Waals surface area contributed by atoms with E-state index in [1.165, 1.54) is 6.92 Å². The van der Waals surface area contributed by atoms with Gasteiger partial charge in [0.25, 0.3) is 5.91 Å². The Morgan fingerprint density at radius 2 is 1.77 bits per heavy atom. The molecule has 12 nitrogen and oxygen atoms in total. The summed E-state index contributed by atoms with van der Waals surface area (Å²) >= 11 is 0. The molecule has 3 amide bonds. The van der Waals surface area contributed by atoms with Crippen LogP contribution in [0.1, 0.15) is 12.5 Å². The maximum atomic E-state index is 12.2. The van der Waals surface area contributed by atoms with Gasteiger partial charge >= 0.3 is 18.0 Å². The standard InChI is InChI=1S/C19H23N3O9/c1-10(21-19(28)30-9-11-6-4-3-5-7-11)15(23)22-12(17(25)26)8-20-16(24)13-14(31-13)18(27)29-2/h3-7,10,12-14H,8-9H2,1-2H3,(H,20,24)(H,21,28)(H,22,23)(H,25,26)/t10-,12-,13+,14+/m0/s1. The summed E-state index contributed by atoms with van der Waals surface area (Å²) < 4.78 is 14.3. The van der Waals surface area contributed by atoms with Gasteiger partial charge in [-0.3, -0.25) is 9.59 Å². The molecule has 2 rings (SSSR count). The molecule has 0 aliphatic carbocycles. The number of benzene rings is 1. The number of alkyl carbamates (subject to hydrolysis) is 1. The lowest BCUT2D eigenvalue weighted by Gasteiger charge is -2.19. The molecule has 0 bridgehead atoms. The van der Waals surface area contributed by atoms with Crippen LogP contribution in [0.15, 0.2) is 30.3 Å². The van der Waals surface area contributed by atoms with Gasteiger partial charge in [0.2, 0.25) is 5.91 Å². The number of carboxylic acids is 1. The lowest BCUT2D eigenvalue weighted by molar-refractivity contribution is -0.143. The Kier molecular flexibility index (Phi) is 8.32. The van der Waals surface area contributed by atoms with Crippen molar-refractivity contribution in [1.82, 2.24) is 16.0 Å². The van der Waals surface area contributed by atoms with E-state index in [-0.39, 0.29) is 6.61 Å². The summed E-state index contributed by atoms with van der Waals surface area (Å²) in [5, 5.41) is 16.0. The molecule has 0 spiro atoms. The summed E-state index contributed by atoms with van der Waals surface area (Å²) in [5.41, 5.74) is 0.755. The molecule has 0 radical (unpaired) electrons. The maximum absolute atomic E-state index is 12.2. The number of aliphatic carboxylic acids is 1. The van der Waals surface area contributed by atoms with Crippen LogP contribution in [-0.4, -0.2) is 72.9 Å². The number of carbonyl (C=O) groups excluding carboxylic acids is 4. The number of rotatable bonds is 10. The Morgan fingerprint density at radius 1 is 1.10 bits per heavy atom. The van der Waals surface area contributed by atoms with E-state index in [0.717, 1.165) is 12.7 Å². The normalized spacial score (nSPS) is 18.6. The molecule has 1 aliphatic heterocycles. The van der Waals surface area contributed by atoms with Gasteiger partial charge < -0.3 is 35.3 Å². The number of amides is 3. The predicted octanol–water partition coefficient (Wildman–Crippen LogP) is -1.07. The van der Waals surface area contributed by atoms with E-state index < -0.39 is 60.7 Å². The lowest BCUT2D eigenvalue weighted by atomic mass is 10.2. The van der Waals surface area contributed by atoms with E-state index in [2.05, 4.69) is 20.7 Å². The van der Waals surface area contributed by atoms with Crippen LogP contribution in [0, 0.1) is 0 Å². The summed E-state index contributed by atoms with van der Waals surface area (Å²) in [5.74, 6) is -3.64. The van der Waals surface area contributed by atoms with E-state index >= 15 is 0 Å². The van der Waals surface area contributed by atoms with Gasteiger partial charge in [-0.2, -0.15) is 0 Å². The molecular weight excluding hydrogens is 414 g/mol. The largest absolute Gasteiger partial charge is 0.480 e. The van der Waals surface area contributed by atoms with Gasteiger partial charge in [-0.05, 0) is 12.5 Å². The summed E-state index contributed by atoms with van der Waals surface area (Å²) in [6, 6.07) is 6.31. The van der Waals surface area contributed by atoms with Crippen LogP contribution < -0.4 is 16.0 Å². The molecule has 31 heavy (non-hydrogen) atoms. The molecule has 12 heteroatoms. The second kappa shape index (κ2) is 10.9. The molecule has 1 saturated heterocycles. The van der Waals surface area contributed by atoms with Crippen LogP contribution in [-0.2, 0) is 40.0 Å². The van der Waals surface area contributed by atoms with E-state index in [1.807, 2.05) is 6.07 Å². The number of carboxylic acid groups (broad SMARTS) is 1. The first-order chi connectivity index (χ1) is 14.7. The van der Waals surface area contributed by atoms with Crippen molar-refractivity contribution in [2.75, 3.05) is 13.7 Å². The fourth-order valence-electron chi connectivity index (χ4n) is 2.41. The highest BCUT2D eigenvalue weighted by Crippen LogP contribution is 2.23. The quantitative estimate of drug-likeness (QED) is 0.262. The molecule has 0 saturated carbocycles. The zero-order valence-electron chi connectivity index (χ0n) is 16.8. The number of methoxy groups -OCH3 is 1. The number of esters is 1. The SMILES string of the molecule is COC(=O)[C@@H]1O[C@H]1C(=O)NC[C@H](NC(=O)[C@H](C)NC(=O)OCc1ccccc1)C(=O)O. The summed E-state index contributed by atoms with van der Waals surface area (Å²) in [7, 11) is 1.14. The van der Waals surface area contributed by atoms with Gasteiger partial charge in [-0.15, -0.1) is 0 Å². The molecule has 4 atom stereocenters. The van der Waals surface area contributed by atoms with Gasteiger partial charge in [0.1, 0.15) is 18.7 Å². The van der Waals surface area contributed by atoms with Crippen molar-refractivity contribution in [1.29, 1.82) is 0 Å². The van der Waals surface area contributed by atoms with Crippen molar-refractivity contribution >= 4 is 29.8 Å². The molecule has 0 unspecified atom stereocenters. The number of nitrogens with one attached hydrogen (secondary N) is 3. The first-order valence-electron chi connectivity index (χ1n) is 9.24. The first-order valence-corrected chi connectivity index (χ1v) is 9.24. The molecule has 1 aromatic rings. The van der Waals surface area contributed by atoms with Crippen LogP contribution in [0.5, 0.6) is 0 Å². The Hall–Kier alpha value is -3.67. The van der Waals surface area contributed by atoms with E-state index in [1.54, 1.807) is 24.3 Å². The van der Waals surface area contributed by atoms with Gasteiger partial charge in [0.05, 0.1) is 7.11 Å². The molecule has 1 fully saturated rings. The van der Waals surface area contributed by atoms with E-state index in [0.29, 0.717) is 0 Å². The topological polar surface area (TPSA) is 173 Å². The molecule has 168 valence electrons. The number of ether oxygens (including phenoxy) is 3. The maximum Gasteiger partial charge on any atom is 0.408 e. The van der Waals surface area contributed by atoms with Crippen molar-refractivity contribution in [3.63, 3.8) is 0 Å². The number of carbonyl (C=O) groups is 5. The highest BCUT2D eigenvalue weighted by atomic mass is 16.6. The van der Waals surface area contributed by atoms with Crippen molar-refractivity contribution in [2.24, 2.45) is 0 Å². The van der Waals surface area contributed by atoms with Crippen LogP contribution in [0.4, 0.5) is 4.79 Å². The monoisotopic (exact) mass is 437 g/mol. The average molecular weight is 437 g/mol. The fourth-order valence-corrected chi connectivity index (χ4v) is 2.41. The zero-order valence-corrected chi connectivity index (χ0v) is 16.8. The number of hydrogen-bond donors (Lipinski definition) is 4. The lowest BCUT2D eigenvalue weighted by Crippen LogP contribution is -2.54. The van der Waals surface area contributed by atoms with Gasteiger partial charge in [-0.1, -0.05) is 30.3 Å². The van der Waals surface area contributed by atoms with Crippen LogP contribution in [0.3, 0.4) is 0 Å². The van der Waals surface area contributed by atoms with Crippen LogP contribution >= 0.6 is 0 Å². The molecular formula is C19H23N3O9. The zero-order chi connectivity index (χ0) is 23.0. The Balaban J connectivity index is 1.76. The fraction of sp³-hybridized carbons (Fsp3) is 0.421. The molecule has 1 heterocycles. The summed E-state index contributed by atoms with van der Waals surface area (Å²) in [4.78, 5) is 58.5. The predicted molar refractivity (Wildman–Crippen MR) is 102 cm³/mol. The highest BCUT2D eigenvalue weighted by Gasteiger charge is 2.51. The second-order valence-corrected chi connectivity index (χ2v) is 6.57. The molecule has 1 aliphatic rings. The van der Waals surface area contributed by atoms with E-state index in [4.69, 9.17) is 9.47 Å². The van der Waals surface area contributed by atoms with E-state index in [9.17, 15) is 29.1 Å². The Morgan fingerprint density at radius 3 is 2.39 bits per heavy atom. The van der Waals surface area contributed by atoms with Crippen molar-refractivity contribution in [3.05, 3.63) is 35.9 Å². The van der Waals surface area contributed by atoms with Crippen molar-refractivity contribution in [3.8, 4) is 0 Å². The van der Waals surface area contributed by atoms with Gasteiger partial charge in [0.15, 0.2) is 12.2 Å². The second-order valence-electron chi connectivity index (χ2n) is 6.57. The van der Waals surface area contributed by atoms with Gasteiger partial charge in [-0.25, -0.2) is 14.4 Å². The third kappa shape index (κ3) is 7.26. The van der Waals surface area contributed by atoms with Crippen LogP contribution in [0.2, 0.25) is 0 Å². The van der Waals surface area contributed by atoms with Crippen molar-refractivity contribution < 1.29 is 43.3 Å². The first kappa shape index (κ1) is 23.6. The molecule has 1 aromatic carbocycles. The third-order valence-corrected chi connectivity index (χ3v) is 4.22. The number of epoxide rings is 1. The smallest absolute Gasteiger partial charge is 0.408 e. The highest BCUT2D eigenvalue weighted by molar-refractivity contribution is 5.93. The number of hydrogen-bond acceptors (Lipinski definition) is 8. The van der Waals surface area contributed by atoms with Crippen LogP contribution in [0.25, 0.3) is 0 Å². The molecule has 4 N–H and O–H groups in total. The summed E-state index contributed by atoms with van der Waals surface area (Å²) in [6.07, 6.45) is -2.96. The molecule has 0 aromatic heterocycles. The minimum atomic E-state index is -1.48. The Labute approximate surface area is 177 Å². The minimum absolute atomic E-state index is 0.000596.